The maximum absolute atomic E-state index is 13.0. The highest BCUT2D eigenvalue weighted by atomic mass is 32.2. The second kappa shape index (κ2) is 8.93. The second-order valence-corrected chi connectivity index (χ2v) is 7.36. The Morgan fingerprint density at radius 1 is 1.25 bits per heavy atom. The van der Waals surface area contributed by atoms with Crippen molar-refractivity contribution in [2.45, 2.75) is 31.5 Å². The number of carbonyl (C=O) groups excluding carboxylic acids is 1. The number of ether oxygens (including phenoxy) is 1. The molecule has 0 radical (unpaired) electrons. The number of aromatic nitrogens is 2. The van der Waals surface area contributed by atoms with Gasteiger partial charge >= 0.3 is 0 Å². The van der Waals surface area contributed by atoms with Gasteiger partial charge in [-0.3, -0.25) is 14.2 Å². The lowest BCUT2D eigenvalue weighted by Gasteiger charge is -2.18. The molecule has 3 aromatic rings. The SMILES string of the molecule is CC[C@H](C)n1c(SCC(=O)Nc2cccc(OC)c2)nc2ccccc2c1=O. The number of hydrogen-bond donors (Lipinski definition) is 1. The summed E-state index contributed by atoms with van der Waals surface area (Å²) in [5.41, 5.74) is 1.23. The zero-order chi connectivity index (χ0) is 20.1. The molecule has 1 N–H and O–H groups in total. The molecule has 0 saturated carbocycles. The van der Waals surface area contributed by atoms with Gasteiger partial charge in [0.15, 0.2) is 5.16 Å². The molecular formula is C21H23N3O3S. The molecule has 1 aromatic heterocycles. The van der Waals surface area contributed by atoms with Crippen LogP contribution in [0, 0.1) is 0 Å². The van der Waals surface area contributed by atoms with E-state index in [0.29, 0.717) is 27.5 Å². The number of benzene rings is 2. The topological polar surface area (TPSA) is 73.2 Å². The summed E-state index contributed by atoms with van der Waals surface area (Å²) in [7, 11) is 1.58. The molecule has 2 aromatic carbocycles. The molecule has 1 amide bonds. The molecule has 0 spiro atoms. The lowest BCUT2D eigenvalue weighted by Crippen LogP contribution is -2.26. The summed E-state index contributed by atoms with van der Waals surface area (Å²) < 4.78 is 6.86. The van der Waals surface area contributed by atoms with Gasteiger partial charge in [-0.1, -0.05) is 36.9 Å². The predicted octanol–water partition coefficient (Wildman–Crippen LogP) is 4.11. The number of thioether (sulfide) groups is 1. The Labute approximate surface area is 167 Å². The fraction of sp³-hybridized carbons (Fsp3) is 0.286. The third-order valence-corrected chi connectivity index (χ3v) is 5.45. The highest BCUT2D eigenvalue weighted by Crippen LogP contribution is 2.23. The van der Waals surface area contributed by atoms with Crippen LogP contribution in [-0.2, 0) is 4.79 Å². The largest absolute Gasteiger partial charge is 0.497 e. The molecule has 146 valence electrons. The number of methoxy groups -OCH3 is 1. The van der Waals surface area contributed by atoms with Gasteiger partial charge in [0.05, 0.1) is 23.8 Å². The first-order chi connectivity index (χ1) is 13.5. The Morgan fingerprint density at radius 2 is 2.04 bits per heavy atom. The normalized spacial score (nSPS) is 12.0. The van der Waals surface area contributed by atoms with E-state index in [-0.39, 0.29) is 23.3 Å². The molecule has 6 nitrogen and oxygen atoms in total. The van der Waals surface area contributed by atoms with E-state index in [9.17, 15) is 9.59 Å². The maximum Gasteiger partial charge on any atom is 0.262 e. The maximum atomic E-state index is 13.0. The number of nitrogens with one attached hydrogen (secondary N) is 1. The van der Waals surface area contributed by atoms with E-state index in [2.05, 4.69) is 10.3 Å². The minimum absolute atomic E-state index is 0.00597. The summed E-state index contributed by atoms with van der Waals surface area (Å²) in [5.74, 6) is 0.655. The molecule has 0 unspecified atom stereocenters. The molecular weight excluding hydrogens is 374 g/mol. The van der Waals surface area contributed by atoms with Crippen LogP contribution < -0.4 is 15.6 Å². The van der Waals surface area contributed by atoms with Crippen LogP contribution in [-0.4, -0.2) is 28.3 Å². The van der Waals surface area contributed by atoms with Crippen molar-refractivity contribution < 1.29 is 9.53 Å². The molecule has 3 rings (SSSR count). The van der Waals surface area contributed by atoms with Crippen molar-refractivity contribution in [3.05, 3.63) is 58.9 Å². The van der Waals surface area contributed by atoms with Crippen LogP contribution in [0.5, 0.6) is 5.75 Å². The van der Waals surface area contributed by atoms with Gasteiger partial charge < -0.3 is 10.1 Å². The zero-order valence-electron chi connectivity index (χ0n) is 16.1. The lowest BCUT2D eigenvalue weighted by atomic mass is 10.2. The van der Waals surface area contributed by atoms with Gasteiger partial charge in [-0.05, 0) is 37.6 Å². The standard InChI is InChI=1S/C21H23N3O3S/c1-4-14(2)24-20(26)17-10-5-6-11-18(17)23-21(24)28-13-19(25)22-15-8-7-9-16(12-15)27-3/h5-12,14H,4,13H2,1-3H3,(H,22,25)/t14-/m0/s1. The highest BCUT2D eigenvalue weighted by Gasteiger charge is 2.16. The number of fused-ring (bicyclic) bond motifs is 1. The lowest BCUT2D eigenvalue weighted by molar-refractivity contribution is -0.113. The van der Waals surface area contributed by atoms with Crippen LogP contribution in [0.4, 0.5) is 5.69 Å². The number of para-hydroxylation sites is 1. The summed E-state index contributed by atoms with van der Waals surface area (Å²) in [6.07, 6.45) is 0.795. The number of hydrogen-bond acceptors (Lipinski definition) is 5. The third-order valence-electron chi connectivity index (χ3n) is 4.49. The number of anilines is 1. The number of nitrogens with zero attached hydrogens (tertiary/aromatic N) is 2. The van der Waals surface area contributed by atoms with Crippen molar-refractivity contribution in [3.63, 3.8) is 0 Å². The van der Waals surface area contributed by atoms with Crippen molar-refractivity contribution in [1.29, 1.82) is 0 Å². The fourth-order valence-electron chi connectivity index (χ4n) is 2.83. The van der Waals surface area contributed by atoms with Crippen LogP contribution in [0.2, 0.25) is 0 Å². The van der Waals surface area contributed by atoms with Crippen LogP contribution >= 0.6 is 11.8 Å². The van der Waals surface area contributed by atoms with Gasteiger partial charge in [-0.2, -0.15) is 0 Å². The summed E-state index contributed by atoms with van der Waals surface area (Å²) in [6, 6.07) is 14.5. The minimum Gasteiger partial charge on any atom is -0.497 e. The zero-order valence-corrected chi connectivity index (χ0v) is 17.0. The second-order valence-electron chi connectivity index (χ2n) is 6.41. The Balaban J connectivity index is 1.83. The van der Waals surface area contributed by atoms with E-state index in [1.807, 2.05) is 44.2 Å². The predicted molar refractivity (Wildman–Crippen MR) is 113 cm³/mol. The highest BCUT2D eigenvalue weighted by molar-refractivity contribution is 7.99. The van der Waals surface area contributed by atoms with E-state index < -0.39 is 0 Å². The Morgan fingerprint density at radius 3 is 2.79 bits per heavy atom. The first kappa shape index (κ1) is 19.9. The van der Waals surface area contributed by atoms with Gasteiger partial charge in [0.2, 0.25) is 5.91 Å². The van der Waals surface area contributed by atoms with E-state index >= 15 is 0 Å². The van der Waals surface area contributed by atoms with Crippen LogP contribution in [0.3, 0.4) is 0 Å². The van der Waals surface area contributed by atoms with Crippen LogP contribution in [0.25, 0.3) is 10.9 Å². The molecule has 0 fully saturated rings. The Bertz CT molecular complexity index is 1050. The molecule has 0 aliphatic heterocycles. The monoisotopic (exact) mass is 397 g/mol. The van der Waals surface area contributed by atoms with Crippen molar-refractivity contribution in [3.8, 4) is 5.75 Å². The van der Waals surface area contributed by atoms with Crippen molar-refractivity contribution in [1.82, 2.24) is 9.55 Å². The average molecular weight is 398 g/mol. The van der Waals surface area contributed by atoms with E-state index in [4.69, 9.17) is 4.74 Å². The van der Waals surface area contributed by atoms with E-state index in [1.165, 1.54) is 11.8 Å². The quantitative estimate of drug-likeness (QED) is 0.480. The molecule has 7 heteroatoms. The Hall–Kier alpha value is -2.80. The summed E-state index contributed by atoms with van der Waals surface area (Å²) in [4.78, 5) is 30.0. The summed E-state index contributed by atoms with van der Waals surface area (Å²) in [6.45, 7) is 4.01. The van der Waals surface area contributed by atoms with Crippen molar-refractivity contribution in [2.75, 3.05) is 18.2 Å². The molecule has 1 heterocycles. The first-order valence-electron chi connectivity index (χ1n) is 9.11. The van der Waals surface area contributed by atoms with Gasteiger partial charge in [-0.15, -0.1) is 0 Å². The molecule has 28 heavy (non-hydrogen) atoms. The third kappa shape index (κ3) is 4.36. The fourth-order valence-corrected chi connectivity index (χ4v) is 3.72. The van der Waals surface area contributed by atoms with E-state index in [0.717, 1.165) is 6.42 Å². The van der Waals surface area contributed by atoms with Crippen LogP contribution in [0.15, 0.2) is 58.5 Å². The molecule has 1 atom stereocenters. The van der Waals surface area contributed by atoms with E-state index in [1.54, 1.807) is 29.9 Å². The van der Waals surface area contributed by atoms with Crippen molar-refractivity contribution >= 4 is 34.3 Å². The van der Waals surface area contributed by atoms with Crippen molar-refractivity contribution in [2.24, 2.45) is 0 Å². The summed E-state index contributed by atoms with van der Waals surface area (Å²) in [5, 5.41) is 3.99. The van der Waals surface area contributed by atoms with Gasteiger partial charge in [0.1, 0.15) is 5.75 Å². The Kier molecular flexibility index (Phi) is 6.36. The smallest absolute Gasteiger partial charge is 0.262 e. The molecule has 0 aliphatic rings. The molecule has 0 saturated heterocycles. The molecule has 0 aliphatic carbocycles. The minimum atomic E-state index is -0.170. The number of carbonyl (C=O) groups is 1. The summed E-state index contributed by atoms with van der Waals surface area (Å²) >= 11 is 1.27. The molecule has 0 bridgehead atoms. The average Bonchev–Trinajstić information content (AvgIpc) is 2.72. The number of amides is 1. The first-order valence-corrected chi connectivity index (χ1v) is 10.1. The van der Waals surface area contributed by atoms with Gasteiger partial charge in [0.25, 0.3) is 5.56 Å². The number of rotatable bonds is 7. The van der Waals surface area contributed by atoms with Gasteiger partial charge in [0, 0.05) is 17.8 Å². The van der Waals surface area contributed by atoms with Gasteiger partial charge in [-0.25, -0.2) is 4.98 Å². The van der Waals surface area contributed by atoms with Crippen LogP contribution in [0.1, 0.15) is 26.3 Å².